The minimum Gasteiger partial charge on any atom is -0.455 e. The Hall–Kier alpha value is -1.68. The summed E-state index contributed by atoms with van der Waals surface area (Å²) in [6, 6.07) is 0. The average Bonchev–Trinajstić information content (AvgIpc) is 2.97. The van der Waals surface area contributed by atoms with Gasteiger partial charge in [-0.2, -0.15) is 0 Å². The van der Waals surface area contributed by atoms with Gasteiger partial charge in [0.2, 0.25) is 0 Å². The van der Waals surface area contributed by atoms with Gasteiger partial charge in [0, 0.05) is 17.3 Å². The molecule has 3 fully saturated rings. The van der Waals surface area contributed by atoms with Crippen molar-refractivity contribution < 1.29 is 19.1 Å². The highest BCUT2D eigenvalue weighted by molar-refractivity contribution is 5.99. The zero-order valence-corrected chi connectivity index (χ0v) is 14.0. The molecule has 0 aromatic heterocycles. The number of ether oxygens (including phenoxy) is 2. The third-order valence-corrected chi connectivity index (χ3v) is 7.02. The Morgan fingerprint density at radius 2 is 1.96 bits per heavy atom. The molecule has 7 atom stereocenters. The molecule has 2 bridgehead atoms. The summed E-state index contributed by atoms with van der Waals surface area (Å²) < 4.78 is 12.1. The summed E-state index contributed by atoms with van der Waals surface area (Å²) in [5.41, 5.74) is -1.13. The van der Waals surface area contributed by atoms with Crippen LogP contribution in [0.3, 0.4) is 0 Å². The van der Waals surface area contributed by atoms with E-state index in [2.05, 4.69) is 13.5 Å². The van der Waals surface area contributed by atoms with Gasteiger partial charge in [-0.15, -0.1) is 6.58 Å². The highest BCUT2D eigenvalue weighted by Crippen LogP contribution is 2.72. The second-order valence-electron chi connectivity index (χ2n) is 7.72. The SMILES string of the molecule is C=CC1C2(C)C(=O)C=C[C@]1(C)[C@H]1[C@H]3OC(=O)/C(=C\C)[C@H]3O[C@]12C. The number of rotatable bonds is 1. The van der Waals surface area contributed by atoms with Crippen LogP contribution < -0.4 is 0 Å². The van der Waals surface area contributed by atoms with Gasteiger partial charge in [0.25, 0.3) is 0 Å². The number of hydrogen-bond acceptors (Lipinski definition) is 4. The largest absolute Gasteiger partial charge is 0.455 e. The second-order valence-corrected chi connectivity index (χ2v) is 7.72. The Morgan fingerprint density at radius 3 is 2.57 bits per heavy atom. The summed E-state index contributed by atoms with van der Waals surface area (Å²) in [7, 11) is 0. The molecular formula is C19H22O4. The van der Waals surface area contributed by atoms with Crippen LogP contribution in [-0.4, -0.2) is 29.6 Å². The van der Waals surface area contributed by atoms with Gasteiger partial charge in [0.05, 0.1) is 16.6 Å². The lowest BCUT2D eigenvalue weighted by atomic mass is 9.62. The zero-order valence-electron chi connectivity index (χ0n) is 14.0. The fourth-order valence-corrected chi connectivity index (χ4v) is 5.89. The molecule has 1 saturated carbocycles. The summed E-state index contributed by atoms with van der Waals surface area (Å²) in [6.07, 6.45) is 6.56. The normalized spacial score (nSPS) is 55.0. The smallest absolute Gasteiger partial charge is 0.336 e. The van der Waals surface area contributed by atoms with Crippen LogP contribution in [0.15, 0.2) is 36.5 Å². The van der Waals surface area contributed by atoms with Crippen LogP contribution in [-0.2, 0) is 19.1 Å². The van der Waals surface area contributed by atoms with E-state index in [1.807, 2.05) is 32.9 Å². The standard InChI is InChI=1S/C19H22O4/c1-6-10-13-14(22-16(10)21)15-17(3)9-8-12(20)18(4,11(17)7-2)19(15,5)23-13/h6-9,11,13-15H,2H2,1,3-5H3/b10-6-/t11?,13-,14+,15-,17+,18?,19-/m1/s1. The minimum atomic E-state index is -0.696. The van der Waals surface area contributed by atoms with Crippen molar-refractivity contribution in [1.82, 2.24) is 0 Å². The van der Waals surface area contributed by atoms with Crippen molar-refractivity contribution >= 4 is 11.8 Å². The number of hydrogen-bond donors (Lipinski definition) is 0. The number of carbonyl (C=O) groups excluding carboxylic acids is 2. The second kappa shape index (κ2) is 4.04. The Kier molecular flexibility index (Phi) is 2.62. The predicted octanol–water partition coefficient (Wildman–Crippen LogP) is 2.60. The lowest BCUT2D eigenvalue weighted by Crippen LogP contribution is -2.51. The molecule has 0 aromatic carbocycles. The van der Waals surface area contributed by atoms with Gasteiger partial charge in [0.1, 0.15) is 12.2 Å². The molecule has 4 rings (SSSR count). The van der Waals surface area contributed by atoms with Gasteiger partial charge >= 0.3 is 5.97 Å². The first-order valence-electron chi connectivity index (χ1n) is 8.17. The molecule has 2 saturated heterocycles. The quantitative estimate of drug-likeness (QED) is 0.424. The van der Waals surface area contributed by atoms with Crippen LogP contribution in [0.25, 0.3) is 0 Å². The molecule has 0 aromatic rings. The zero-order chi connectivity index (χ0) is 16.8. The number of carbonyl (C=O) groups is 2. The third kappa shape index (κ3) is 1.30. The topological polar surface area (TPSA) is 52.6 Å². The van der Waals surface area contributed by atoms with Crippen LogP contribution in [0.4, 0.5) is 0 Å². The molecular weight excluding hydrogens is 292 g/mol. The first-order valence-corrected chi connectivity index (χ1v) is 8.17. The van der Waals surface area contributed by atoms with E-state index in [0.29, 0.717) is 5.57 Å². The van der Waals surface area contributed by atoms with Crippen LogP contribution in [0.5, 0.6) is 0 Å². The van der Waals surface area contributed by atoms with Gasteiger partial charge in [-0.3, -0.25) is 4.79 Å². The molecule has 2 heterocycles. The van der Waals surface area contributed by atoms with Gasteiger partial charge in [-0.1, -0.05) is 25.2 Å². The molecule has 2 aliphatic heterocycles. The maximum absolute atomic E-state index is 12.8. The van der Waals surface area contributed by atoms with Crippen LogP contribution in [0.1, 0.15) is 27.7 Å². The number of fused-ring (bicyclic) bond motifs is 7. The molecule has 4 aliphatic rings. The van der Waals surface area contributed by atoms with E-state index in [0.717, 1.165) is 0 Å². The van der Waals surface area contributed by atoms with Gasteiger partial charge in [-0.05, 0) is 26.8 Å². The molecule has 0 radical (unpaired) electrons. The van der Waals surface area contributed by atoms with Crippen LogP contribution in [0.2, 0.25) is 0 Å². The van der Waals surface area contributed by atoms with Crippen molar-refractivity contribution in [3.8, 4) is 0 Å². The van der Waals surface area contributed by atoms with Crippen molar-refractivity contribution in [3.63, 3.8) is 0 Å². The fourth-order valence-electron chi connectivity index (χ4n) is 5.89. The molecule has 2 aliphatic carbocycles. The predicted molar refractivity (Wildman–Crippen MR) is 84.5 cm³/mol. The monoisotopic (exact) mass is 314 g/mol. The lowest BCUT2D eigenvalue weighted by Gasteiger charge is -2.43. The van der Waals surface area contributed by atoms with Gasteiger partial charge in [0.15, 0.2) is 5.78 Å². The minimum absolute atomic E-state index is 0.0446. The summed E-state index contributed by atoms with van der Waals surface area (Å²) in [4.78, 5) is 25.0. The van der Waals surface area contributed by atoms with Crippen molar-refractivity contribution in [2.24, 2.45) is 22.7 Å². The van der Waals surface area contributed by atoms with E-state index in [-0.39, 0.29) is 41.2 Å². The molecule has 122 valence electrons. The maximum Gasteiger partial charge on any atom is 0.336 e. The maximum atomic E-state index is 12.8. The van der Waals surface area contributed by atoms with E-state index in [9.17, 15) is 9.59 Å². The highest BCUT2D eigenvalue weighted by atomic mass is 16.6. The van der Waals surface area contributed by atoms with Gasteiger partial charge < -0.3 is 9.47 Å². The van der Waals surface area contributed by atoms with E-state index in [1.165, 1.54) is 0 Å². The Balaban J connectivity index is 1.95. The first kappa shape index (κ1) is 14.9. The van der Waals surface area contributed by atoms with E-state index >= 15 is 0 Å². The summed E-state index contributed by atoms with van der Waals surface area (Å²) in [5, 5.41) is 0. The van der Waals surface area contributed by atoms with Crippen molar-refractivity contribution in [3.05, 3.63) is 36.5 Å². The molecule has 23 heavy (non-hydrogen) atoms. The van der Waals surface area contributed by atoms with Crippen molar-refractivity contribution in [1.29, 1.82) is 0 Å². The van der Waals surface area contributed by atoms with Gasteiger partial charge in [-0.25, -0.2) is 4.79 Å². The first-order chi connectivity index (χ1) is 10.8. The van der Waals surface area contributed by atoms with Crippen LogP contribution in [0, 0.1) is 22.7 Å². The summed E-state index contributed by atoms with van der Waals surface area (Å²) in [6.45, 7) is 11.9. The van der Waals surface area contributed by atoms with Crippen molar-refractivity contribution in [2.75, 3.05) is 0 Å². The Morgan fingerprint density at radius 1 is 1.26 bits per heavy atom. The molecule has 0 N–H and O–H groups in total. The Bertz CT molecular complexity index is 704. The third-order valence-electron chi connectivity index (χ3n) is 7.02. The lowest BCUT2D eigenvalue weighted by molar-refractivity contribution is -0.147. The summed E-state index contributed by atoms with van der Waals surface area (Å²) >= 11 is 0. The molecule has 0 amide bonds. The van der Waals surface area contributed by atoms with E-state index < -0.39 is 11.0 Å². The average molecular weight is 314 g/mol. The molecule has 4 nitrogen and oxygen atoms in total. The Labute approximate surface area is 136 Å². The van der Waals surface area contributed by atoms with E-state index in [1.54, 1.807) is 12.2 Å². The van der Waals surface area contributed by atoms with E-state index in [4.69, 9.17) is 9.47 Å². The highest BCUT2D eigenvalue weighted by Gasteiger charge is 2.79. The van der Waals surface area contributed by atoms with Crippen LogP contribution >= 0.6 is 0 Å². The van der Waals surface area contributed by atoms with Crippen molar-refractivity contribution in [2.45, 2.75) is 45.5 Å². The molecule has 0 spiro atoms. The molecule has 2 unspecified atom stereocenters. The molecule has 4 heteroatoms. The fraction of sp³-hybridized carbons (Fsp3) is 0.579. The number of allylic oxidation sites excluding steroid dienone is 4. The summed E-state index contributed by atoms with van der Waals surface area (Å²) in [5.74, 6) is -0.350. The number of esters is 1. The number of ketones is 1.